The third-order valence-electron chi connectivity index (χ3n) is 3.97. The second-order valence-electron chi connectivity index (χ2n) is 5.85. The van der Waals surface area contributed by atoms with Crippen LogP contribution in [0.15, 0.2) is 24.3 Å². The molecule has 0 atom stereocenters. The molecule has 1 aliphatic rings. The van der Waals surface area contributed by atoms with Crippen molar-refractivity contribution in [2.45, 2.75) is 38.1 Å². The lowest BCUT2D eigenvalue weighted by molar-refractivity contribution is 0.0923. The van der Waals surface area contributed by atoms with E-state index in [2.05, 4.69) is 25.5 Å². The molecule has 1 fully saturated rings. The molecular weight excluding hydrogens is 362 g/mol. The van der Waals surface area contributed by atoms with Crippen LogP contribution in [0.1, 0.15) is 42.6 Å². The Morgan fingerprint density at radius 1 is 1.08 bits per heavy atom. The highest BCUT2D eigenvalue weighted by Gasteiger charge is 2.22. The molecule has 0 bridgehead atoms. The van der Waals surface area contributed by atoms with Crippen LogP contribution >= 0.6 is 23.1 Å². The molecule has 0 saturated heterocycles. The van der Waals surface area contributed by atoms with E-state index in [4.69, 9.17) is 11.6 Å². The van der Waals surface area contributed by atoms with Crippen LogP contribution in [0.25, 0.3) is 0 Å². The highest BCUT2D eigenvalue weighted by Crippen LogP contribution is 2.21. The van der Waals surface area contributed by atoms with Gasteiger partial charge in [-0.3, -0.25) is 10.1 Å². The molecule has 3 rings (SSSR count). The molecule has 0 spiro atoms. The lowest BCUT2D eigenvalue weighted by Gasteiger charge is -2.22. The highest BCUT2D eigenvalue weighted by molar-refractivity contribution is 7.10. The van der Waals surface area contributed by atoms with Crippen molar-refractivity contribution in [2.24, 2.45) is 0 Å². The first-order chi connectivity index (χ1) is 12.1. The molecule has 1 aromatic heterocycles. The van der Waals surface area contributed by atoms with E-state index in [0.29, 0.717) is 15.7 Å². The fraction of sp³-hybridized carbons (Fsp3) is 0.375. The van der Waals surface area contributed by atoms with Crippen molar-refractivity contribution in [2.75, 3.05) is 10.6 Å². The lowest BCUT2D eigenvalue weighted by atomic mass is 9.95. The molecule has 132 valence electrons. The average molecular weight is 380 g/mol. The molecule has 7 nitrogen and oxygen atoms in total. The number of benzene rings is 1. The largest absolute Gasteiger partial charge is 0.348 e. The van der Waals surface area contributed by atoms with E-state index in [1.807, 2.05) is 0 Å². The fourth-order valence-electron chi connectivity index (χ4n) is 2.72. The SMILES string of the molecule is O=C(Nc1ccc(Cl)cc1)Nc1snnc1C(=O)NC1CCCCC1. The molecule has 1 heterocycles. The number of aromatic nitrogens is 2. The van der Waals surface area contributed by atoms with Gasteiger partial charge in [0.15, 0.2) is 10.7 Å². The molecule has 1 aromatic carbocycles. The van der Waals surface area contributed by atoms with Crippen LogP contribution in [0.4, 0.5) is 15.5 Å². The summed E-state index contributed by atoms with van der Waals surface area (Å²) in [6.07, 6.45) is 5.40. The normalized spacial score (nSPS) is 14.8. The van der Waals surface area contributed by atoms with E-state index >= 15 is 0 Å². The van der Waals surface area contributed by atoms with Gasteiger partial charge in [-0.15, -0.1) is 5.10 Å². The Morgan fingerprint density at radius 2 is 1.80 bits per heavy atom. The van der Waals surface area contributed by atoms with Crippen molar-refractivity contribution in [3.63, 3.8) is 0 Å². The van der Waals surface area contributed by atoms with Crippen molar-refractivity contribution in [3.8, 4) is 0 Å². The number of carbonyl (C=O) groups is 2. The standard InChI is InChI=1S/C16H18ClN5O2S/c17-10-6-8-12(9-7-10)19-16(24)20-15-13(21-22-25-15)14(23)18-11-4-2-1-3-5-11/h6-9,11H,1-5H2,(H,18,23)(H2,19,20,24). The number of hydrogen-bond donors (Lipinski definition) is 3. The zero-order valence-electron chi connectivity index (χ0n) is 13.4. The van der Waals surface area contributed by atoms with E-state index < -0.39 is 6.03 Å². The summed E-state index contributed by atoms with van der Waals surface area (Å²) in [6, 6.07) is 6.41. The number of rotatable bonds is 4. The predicted octanol–water partition coefficient (Wildman–Crippen LogP) is 3.90. The monoisotopic (exact) mass is 379 g/mol. The average Bonchev–Trinajstić information content (AvgIpc) is 3.06. The van der Waals surface area contributed by atoms with Crippen LogP contribution in [0.2, 0.25) is 5.02 Å². The first-order valence-electron chi connectivity index (χ1n) is 8.08. The molecule has 1 aliphatic carbocycles. The van der Waals surface area contributed by atoms with Gasteiger partial charge in [-0.25, -0.2) is 4.79 Å². The number of hydrogen-bond acceptors (Lipinski definition) is 5. The summed E-state index contributed by atoms with van der Waals surface area (Å²) in [6.45, 7) is 0. The van der Waals surface area contributed by atoms with Gasteiger partial charge in [0.2, 0.25) is 0 Å². The lowest BCUT2D eigenvalue weighted by Crippen LogP contribution is -2.36. The number of halogens is 1. The first-order valence-corrected chi connectivity index (χ1v) is 9.24. The minimum absolute atomic E-state index is 0.141. The van der Waals surface area contributed by atoms with Gasteiger partial charge in [-0.05, 0) is 37.1 Å². The fourth-order valence-corrected chi connectivity index (χ4v) is 3.41. The maximum atomic E-state index is 12.4. The summed E-state index contributed by atoms with van der Waals surface area (Å²) >= 11 is 6.78. The zero-order chi connectivity index (χ0) is 17.6. The maximum Gasteiger partial charge on any atom is 0.324 e. The Bertz CT molecular complexity index is 743. The van der Waals surface area contributed by atoms with Crippen LogP contribution in [-0.2, 0) is 0 Å². The van der Waals surface area contributed by atoms with E-state index in [9.17, 15) is 9.59 Å². The summed E-state index contributed by atoms with van der Waals surface area (Å²) in [5.74, 6) is -0.303. The second-order valence-corrected chi connectivity index (χ2v) is 7.04. The molecule has 9 heteroatoms. The summed E-state index contributed by atoms with van der Waals surface area (Å²) in [7, 11) is 0. The van der Waals surface area contributed by atoms with Gasteiger partial charge in [-0.2, -0.15) is 0 Å². The number of nitrogens with one attached hydrogen (secondary N) is 3. The quantitative estimate of drug-likeness (QED) is 0.750. The van der Waals surface area contributed by atoms with Gasteiger partial charge in [0.05, 0.1) is 0 Å². The number of amides is 3. The van der Waals surface area contributed by atoms with Gasteiger partial charge in [0, 0.05) is 28.3 Å². The van der Waals surface area contributed by atoms with Crippen LogP contribution in [-0.4, -0.2) is 27.6 Å². The third-order valence-corrected chi connectivity index (χ3v) is 4.87. The van der Waals surface area contributed by atoms with Crippen molar-refractivity contribution in [1.29, 1.82) is 0 Å². The molecule has 3 amide bonds. The summed E-state index contributed by atoms with van der Waals surface area (Å²) < 4.78 is 3.78. The molecule has 3 N–H and O–H groups in total. The predicted molar refractivity (Wildman–Crippen MR) is 98.3 cm³/mol. The van der Waals surface area contributed by atoms with Crippen molar-refractivity contribution >= 4 is 45.8 Å². The highest BCUT2D eigenvalue weighted by atomic mass is 35.5. The van der Waals surface area contributed by atoms with Crippen molar-refractivity contribution in [1.82, 2.24) is 14.9 Å². The third kappa shape index (κ3) is 4.90. The van der Waals surface area contributed by atoms with E-state index in [0.717, 1.165) is 37.2 Å². The Kier molecular flexibility index (Phi) is 5.83. The Labute approximate surface area is 154 Å². The van der Waals surface area contributed by atoms with E-state index in [1.54, 1.807) is 24.3 Å². The smallest absolute Gasteiger partial charge is 0.324 e. The Balaban J connectivity index is 1.59. The molecular formula is C16H18ClN5O2S. The molecule has 0 radical (unpaired) electrons. The molecule has 0 unspecified atom stereocenters. The van der Waals surface area contributed by atoms with Crippen LogP contribution in [0.5, 0.6) is 0 Å². The Morgan fingerprint density at radius 3 is 2.52 bits per heavy atom. The van der Waals surface area contributed by atoms with Crippen LogP contribution in [0.3, 0.4) is 0 Å². The summed E-state index contributed by atoms with van der Waals surface area (Å²) in [5, 5.41) is 13.0. The minimum atomic E-state index is -0.472. The number of nitrogens with zero attached hydrogens (tertiary/aromatic N) is 2. The van der Waals surface area contributed by atoms with Crippen LogP contribution in [0, 0.1) is 0 Å². The van der Waals surface area contributed by atoms with Gasteiger partial charge >= 0.3 is 6.03 Å². The van der Waals surface area contributed by atoms with Gasteiger partial charge in [0.1, 0.15) is 0 Å². The second kappa shape index (κ2) is 8.26. The first kappa shape index (κ1) is 17.6. The van der Waals surface area contributed by atoms with Crippen molar-refractivity contribution in [3.05, 3.63) is 35.0 Å². The van der Waals surface area contributed by atoms with Gasteiger partial charge in [-0.1, -0.05) is 35.4 Å². The molecule has 25 heavy (non-hydrogen) atoms. The molecule has 0 aliphatic heterocycles. The van der Waals surface area contributed by atoms with Gasteiger partial charge in [0.25, 0.3) is 5.91 Å². The van der Waals surface area contributed by atoms with Crippen LogP contribution < -0.4 is 16.0 Å². The number of carbonyl (C=O) groups excluding carboxylic acids is 2. The summed E-state index contributed by atoms with van der Waals surface area (Å²) in [5.41, 5.74) is 0.731. The van der Waals surface area contributed by atoms with E-state index in [-0.39, 0.29) is 17.6 Å². The molecule has 1 saturated carbocycles. The van der Waals surface area contributed by atoms with Crippen molar-refractivity contribution < 1.29 is 9.59 Å². The minimum Gasteiger partial charge on any atom is -0.348 e. The number of urea groups is 1. The Hall–Kier alpha value is -2.19. The summed E-state index contributed by atoms with van der Waals surface area (Å²) in [4.78, 5) is 24.5. The van der Waals surface area contributed by atoms with Gasteiger partial charge < -0.3 is 10.6 Å². The maximum absolute atomic E-state index is 12.4. The topological polar surface area (TPSA) is 96.0 Å². The number of anilines is 2. The zero-order valence-corrected chi connectivity index (χ0v) is 15.0. The van der Waals surface area contributed by atoms with E-state index in [1.165, 1.54) is 6.42 Å². The molecule has 2 aromatic rings.